The van der Waals surface area contributed by atoms with Crippen LogP contribution in [-0.4, -0.2) is 44.3 Å². The summed E-state index contributed by atoms with van der Waals surface area (Å²) in [5, 5.41) is 2.73. The minimum Gasteiger partial charge on any atom is -0.452 e. The first-order valence-electron chi connectivity index (χ1n) is 10.3. The molecule has 1 N–H and O–H groups in total. The summed E-state index contributed by atoms with van der Waals surface area (Å²) >= 11 is 0. The van der Waals surface area contributed by atoms with Crippen LogP contribution >= 0.6 is 0 Å². The summed E-state index contributed by atoms with van der Waals surface area (Å²) in [5.41, 5.74) is 3.28. The van der Waals surface area contributed by atoms with Crippen molar-refractivity contribution in [3.8, 4) is 0 Å². The third kappa shape index (κ3) is 5.51. The third-order valence-electron chi connectivity index (χ3n) is 5.38. The van der Waals surface area contributed by atoms with Crippen LogP contribution in [0, 0.1) is 20.8 Å². The van der Waals surface area contributed by atoms with E-state index >= 15 is 0 Å². The van der Waals surface area contributed by atoms with Crippen molar-refractivity contribution in [2.24, 2.45) is 0 Å². The molecule has 0 aromatic heterocycles. The highest BCUT2D eigenvalue weighted by atomic mass is 32.2. The van der Waals surface area contributed by atoms with Gasteiger partial charge >= 0.3 is 5.97 Å². The molecule has 1 amide bonds. The van der Waals surface area contributed by atoms with Crippen LogP contribution in [0.15, 0.2) is 41.3 Å². The predicted molar refractivity (Wildman–Crippen MR) is 119 cm³/mol. The van der Waals surface area contributed by atoms with Crippen molar-refractivity contribution >= 4 is 27.6 Å². The maximum Gasteiger partial charge on any atom is 0.338 e. The average Bonchev–Trinajstić information content (AvgIpc) is 2.75. The fourth-order valence-electron chi connectivity index (χ4n) is 3.50. The largest absolute Gasteiger partial charge is 0.452 e. The van der Waals surface area contributed by atoms with E-state index in [2.05, 4.69) is 5.32 Å². The second-order valence-electron chi connectivity index (χ2n) is 7.88. The van der Waals surface area contributed by atoms with Gasteiger partial charge in [0.1, 0.15) is 0 Å². The van der Waals surface area contributed by atoms with Crippen molar-refractivity contribution in [3.63, 3.8) is 0 Å². The Morgan fingerprint density at radius 3 is 2.35 bits per heavy atom. The highest BCUT2D eigenvalue weighted by Gasteiger charge is 2.27. The quantitative estimate of drug-likeness (QED) is 0.688. The summed E-state index contributed by atoms with van der Waals surface area (Å²) in [6, 6.07) is 10.1. The number of rotatable bonds is 6. The number of esters is 1. The van der Waals surface area contributed by atoms with Crippen molar-refractivity contribution in [3.05, 3.63) is 58.7 Å². The van der Waals surface area contributed by atoms with E-state index in [1.807, 2.05) is 32.0 Å². The zero-order valence-electron chi connectivity index (χ0n) is 18.1. The Morgan fingerprint density at radius 2 is 1.65 bits per heavy atom. The lowest BCUT2D eigenvalue weighted by molar-refractivity contribution is -0.119. The van der Waals surface area contributed by atoms with Crippen LogP contribution in [0.4, 0.5) is 5.69 Å². The molecule has 1 aliphatic rings. The zero-order chi connectivity index (χ0) is 22.6. The summed E-state index contributed by atoms with van der Waals surface area (Å²) in [6.45, 7) is 5.99. The lowest BCUT2D eigenvalue weighted by atomic mass is 10.1. The normalized spacial score (nSPS) is 14.8. The number of piperidine rings is 1. The molecule has 2 aromatic rings. The van der Waals surface area contributed by atoms with E-state index < -0.39 is 28.5 Å². The monoisotopic (exact) mass is 444 g/mol. The second kappa shape index (κ2) is 9.62. The molecule has 1 heterocycles. The van der Waals surface area contributed by atoms with Crippen LogP contribution < -0.4 is 5.32 Å². The Hall–Kier alpha value is -2.71. The molecule has 1 saturated heterocycles. The Labute approximate surface area is 183 Å². The summed E-state index contributed by atoms with van der Waals surface area (Å²) in [6.07, 6.45) is 2.67. The van der Waals surface area contributed by atoms with Gasteiger partial charge in [-0.25, -0.2) is 13.2 Å². The Bertz CT molecular complexity index is 1090. The third-order valence-corrected chi connectivity index (χ3v) is 7.28. The number of sulfonamides is 1. The van der Waals surface area contributed by atoms with Gasteiger partial charge in [-0.1, -0.05) is 24.6 Å². The first-order chi connectivity index (χ1) is 14.7. The van der Waals surface area contributed by atoms with Crippen molar-refractivity contribution < 1.29 is 22.7 Å². The number of benzene rings is 2. The summed E-state index contributed by atoms with van der Waals surface area (Å²) in [4.78, 5) is 24.9. The minimum absolute atomic E-state index is 0.0618. The predicted octanol–water partition coefficient (Wildman–Crippen LogP) is 3.58. The van der Waals surface area contributed by atoms with Gasteiger partial charge in [0.2, 0.25) is 10.0 Å². The molecule has 0 saturated carbocycles. The molecule has 8 heteroatoms. The van der Waals surface area contributed by atoms with Gasteiger partial charge in [0.25, 0.3) is 5.91 Å². The van der Waals surface area contributed by atoms with Gasteiger partial charge in [0, 0.05) is 18.8 Å². The Balaban J connectivity index is 1.69. The van der Waals surface area contributed by atoms with Gasteiger partial charge in [0.15, 0.2) is 6.61 Å². The number of nitrogens with one attached hydrogen (secondary N) is 1. The van der Waals surface area contributed by atoms with Gasteiger partial charge in [-0.2, -0.15) is 4.31 Å². The molecule has 0 unspecified atom stereocenters. The van der Waals surface area contributed by atoms with Crippen LogP contribution in [0.25, 0.3) is 0 Å². The molecule has 0 atom stereocenters. The van der Waals surface area contributed by atoms with Crippen LogP contribution in [0.5, 0.6) is 0 Å². The average molecular weight is 445 g/mol. The summed E-state index contributed by atoms with van der Waals surface area (Å²) < 4.78 is 32.4. The molecule has 0 bridgehead atoms. The van der Waals surface area contributed by atoms with Crippen LogP contribution in [0.2, 0.25) is 0 Å². The molecular weight excluding hydrogens is 416 g/mol. The molecule has 0 spiro atoms. The highest BCUT2D eigenvalue weighted by Crippen LogP contribution is 2.23. The number of hydrogen-bond donors (Lipinski definition) is 1. The molecule has 31 heavy (non-hydrogen) atoms. The number of carbonyl (C=O) groups excluding carboxylic acids is 2. The van der Waals surface area contributed by atoms with Gasteiger partial charge in [-0.05, 0) is 68.5 Å². The molecule has 0 aliphatic carbocycles. The number of amides is 1. The number of ether oxygens (including phenoxy) is 1. The molecule has 0 radical (unpaired) electrons. The van der Waals surface area contributed by atoms with Crippen LogP contribution in [0.3, 0.4) is 0 Å². The van der Waals surface area contributed by atoms with E-state index in [4.69, 9.17) is 4.74 Å². The van der Waals surface area contributed by atoms with Gasteiger partial charge < -0.3 is 10.1 Å². The maximum atomic E-state index is 12.9. The summed E-state index contributed by atoms with van der Waals surface area (Å²) in [5.74, 6) is -1.19. The van der Waals surface area contributed by atoms with Crippen molar-refractivity contribution in [1.82, 2.24) is 4.31 Å². The number of hydrogen-bond acceptors (Lipinski definition) is 5. The standard InChI is InChI=1S/C23H28N2O5S/c1-16-7-8-18(3)21(13-16)24-22(26)15-30-23(27)20-14-19(10-9-17(20)2)31(28,29)25-11-5-4-6-12-25/h7-10,13-14H,4-6,11-12,15H2,1-3H3,(H,24,26). The Morgan fingerprint density at radius 1 is 0.968 bits per heavy atom. The zero-order valence-corrected chi connectivity index (χ0v) is 18.9. The maximum absolute atomic E-state index is 12.9. The lowest BCUT2D eigenvalue weighted by Gasteiger charge is -2.26. The molecule has 1 fully saturated rings. The minimum atomic E-state index is -3.67. The summed E-state index contributed by atoms with van der Waals surface area (Å²) in [7, 11) is -3.67. The second-order valence-corrected chi connectivity index (χ2v) is 9.82. The molecule has 166 valence electrons. The van der Waals surface area contributed by atoms with Crippen LogP contribution in [-0.2, 0) is 19.6 Å². The first-order valence-corrected chi connectivity index (χ1v) is 11.8. The van der Waals surface area contributed by atoms with E-state index in [1.165, 1.54) is 16.4 Å². The first kappa shape index (κ1) is 23.0. The van der Waals surface area contributed by atoms with Crippen LogP contribution in [0.1, 0.15) is 46.3 Å². The molecule has 2 aromatic carbocycles. The fraction of sp³-hybridized carbons (Fsp3) is 0.391. The van der Waals surface area contributed by atoms with Gasteiger partial charge in [0.05, 0.1) is 10.5 Å². The van der Waals surface area contributed by atoms with Crippen molar-refractivity contribution in [2.45, 2.75) is 44.9 Å². The van der Waals surface area contributed by atoms with E-state index in [9.17, 15) is 18.0 Å². The molecule has 3 rings (SSSR count). The number of nitrogens with zero attached hydrogens (tertiary/aromatic N) is 1. The van der Waals surface area contributed by atoms with Gasteiger partial charge in [-0.3, -0.25) is 4.79 Å². The van der Waals surface area contributed by atoms with Gasteiger partial charge in [-0.15, -0.1) is 0 Å². The molecule has 7 nitrogen and oxygen atoms in total. The van der Waals surface area contributed by atoms with E-state index in [0.29, 0.717) is 24.3 Å². The topological polar surface area (TPSA) is 92.8 Å². The highest BCUT2D eigenvalue weighted by molar-refractivity contribution is 7.89. The molecular formula is C23H28N2O5S. The molecule has 1 aliphatic heterocycles. The fourth-order valence-corrected chi connectivity index (χ4v) is 5.05. The smallest absolute Gasteiger partial charge is 0.338 e. The number of carbonyl (C=O) groups is 2. The van der Waals surface area contributed by atoms with Crippen molar-refractivity contribution in [1.29, 1.82) is 0 Å². The number of anilines is 1. The lowest BCUT2D eigenvalue weighted by Crippen LogP contribution is -2.35. The SMILES string of the molecule is Cc1ccc(C)c(NC(=O)COC(=O)c2cc(S(=O)(=O)N3CCCCC3)ccc2C)c1. The Kier molecular flexibility index (Phi) is 7.12. The van der Waals surface area contributed by atoms with E-state index in [-0.39, 0.29) is 10.5 Å². The van der Waals surface area contributed by atoms with E-state index in [1.54, 1.807) is 13.0 Å². The number of aryl methyl sites for hydroxylation is 3. The van der Waals surface area contributed by atoms with Crippen molar-refractivity contribution in [2.75, 3.05) is 25.0 Å². The van der Waals surface area contributed by atoms with E-state index in [0.717, 1.165) is 30.4 Å².